The van der Waals surface area contributed by atoms with Gasteiger partial charge in [-0.2, -0.15) is 0 Å². The molecule has 0 saturated carbocycles. The van der Waals surface area contributed by atoms with Gasteiger partial charge in [0, 0.05) is 52.1 Å². The molecule has 9 heteroatoms. The van der Waals surface area contributed by atoms with Crippen molar-refractivity contribution in [2.24, 2.45) is 10.7 Å². The van der Waals surface area contributed by atoms with Crippen LogP contribution in [-0.4, -0.2) is 74.9 Å². The number of nitrogens with two attached hydrogens (primary N) is 1. The monoisotopic (exact) mass is 405 g/mol. The molecule has 1 aromatic heterocycles. The number of guanidine groups is 1. The Morgan fingerprint density at radius 1 is 1.07 bits per heavy atom. The molecular weight excluding hydrogens is 370 g/mol. The molecule has 0 bridgehead atoms. The van der Waals surface area contributed by atoms with Crippen LogP contribution in [0.15, 0.2) is 4.99 Å². The number of aromatic nitrogens is 3. The van der Waals surface area contributed by atoms with Crippen LogP contribution in [0.3, 0.4) is 0 Å². The van der Waals surface area contributed by atoms with Crippen molar-refractivity contribution in [2.75, 3.05) is 32.7 Å². The third-order valence-corrected chi connectivity index (χ3v) is 5.27. The molecule has 162 valence electrons. The molecule has 29 heavy (non-hydrogen) atoms. The molecule has 1 saturated heterocycles. The third-order valence-electron chi connectivity index (χ3n) is 5.27. The molecule has 9 nitrogen and oxygen atoms in total. The van der Waals surface area contributed by atoms with Gasteiger partial charge < -0.3 is 24.8 Å². The van der Waals surface area contributed by atoms with Crippen LogP contribution in [0.4, 0.5) is 4.79 Å². The van der Waals surface area contributed by atoms with Crippen molar-refractivity contribution in [1.29, 1.82) is 0 Å². The quantitative estimate of drug-likeness (QED) is 0.466. The maximum Gasteiger partial charge on any atom is 0.410 e. The number of carbonyl (C=O) groups is 1. The summed E-state index contributed by atoms with van der Waals surface area (Å²) in [5.41, 5.74) is 5.70. The fourth-order valence-electron chi connectivity index (χ4n) is 3.71. The fraction of sp³-hybridized carbons (Fsp3) is 0.800. The van der Waals surface area contributed by atoms with Gasteiger partial charge in [0.2, 0.25) is 0 Å². The van der Waals surface area contributed by atoms with Gasteiger partial charge in [-0.1, -0.05) is 6.42 Å². The van der Waals surface area contributed by atoms with E-state index in [9.17, 15) is 4.79 Å². The molecule has 3 heterocycles. The van der Waals surface area contributed by atoms with E-state index >= 15 is 0 Å². The summed E-state index contributed by atoms with van der Waals surface area (Å²) < 4.78 is 7.72. The summed E-state index contributed by atoms with van der Waals surface area (Å²) in [6.07, 6.45) is 6.23. The van der Waals surface area contributed by atoms with Crippen molar-refractivity contribution in [3.05, 3.63) is 11.6 Å². The lowest BCUT2D eigenvalue weighted by Gasteiger charge is -2.36. The molecule has 3 rings (SSSR count). The minimum Gasteiger partial charge on any atom is -0.444 e. The third kappa shape index (κ3) is 6.08. The maximum atomic E-state index is 12.1. The van der Waals surface area contributed by atoms with Crippen molar-refractivity contribution in [2.45, 2.75) is 71.4 Å². The van der Waals surface area contributed by atoms with E-state index < -0.39 is 5.60 Å². The number of amides is 1. The zero-order valence-corrected chi connectivity index (χ0v) is 18.1. The lowest BCUT2D eigenvalue weighted by molar-refractivity contribution is 0.0186. The average molecular weight is 406 g/mol. The number of hydrogen-bond donors (Lipinski definition) is 1. The van der Waals surface area contributed by atoms with Crippen LogP contribution in [0.1, 0.15) is 58.1 Å². The highest BCUT2D eigenvalue weighted by Crippen LogP contribution is 2.15. The van der Waals surface area contributed by atoms with Gasteiger partial charge in [-0.05, 0) is 40.0 Å². The van der Waals surface area contributed by atoms with Gasteiger partial charge in [-0.25, -0.2) is 4.79 Å². The van der Waals surface area contributed by atoms with Crippen molar-refractivity contribution in [1.82, 2.24) is 24.6 Å². The lowest BCUT2D eigenvalue weighted by atomic mass is 10.2. The first-order valence-electron chi connectivity index (χ1n) is 10.8. The first kappa shape index (κ1) is 21.4. The predicted octanol–water partition coefficient (Wildman–Crippen LogP) is 1.80. The van der Waals surface area contributed by atoms with Crippen molar-refractivity contribution in [3.63, 3.8) is 0 Å². The predicted molar refractivity (Wildman–Crippen MR) is 112 cm³/mol. The van der Waals surface area contributed by atoms with Gasteiger partial charge in [-0.3, -0.25) is 4.99 Å². The number of piperazine rings is 1. The summed E-state index contributed by atoms with van der Waals surface area (Å²) in [5.74, 6) is 2.75. The number of aliphatic imine (C=N–C) groups is 1. The Morgan fingerprint density at radius 2 is 1.79 bits per heavy atom. The van der Waals surface area contributed by atoms with Gasteiger partial charge in [0.1, 0.15) is 17.2 Å². The van der Waals surface area contributed by atoms with E-state index in [2.05, 4.69) is 19.8 Å². The number of hydrogen-bond acceptors (Lipinski definition) is 5. The first-order chi connectivity index (χ1) is 13.8. The van der Waals surface area contributed by atoms with E-state index in [0.717, 1.165) is 37.5 Å². The van der Waals surface area contributed by atoms with E-state index in [1.54, 1.807) is 4.90 Å². The van der Waals surface area contributed by atoms with E-state index in [1.165, 1.54) is 19.3 Å². The summed E-state index contributed by atoms with van der Waals surface area (Å²) >= 11 is 0. The molecule has 0 unspecified atom stereocenters. The summed E-state index contributed by atoms with van der Waals surface area (Å²) in [5, 5.41) is 8.72. The van der Waals surface area contributed by atoms with Gasteiger partial charge >= 0.3 is 6.09 Å². The Bertz CT molecular complexity index is 715. The Labute approximate surface area is 173 Å². The normalized spacial score (nSPS) is 18.4. The van der Waals surface area contributed by atoms with Crippen molar-refractivity contribution >= 4 is 12.1 Å². The average Bonchev–Trinajstić information content (AvgIpc) is 2.90. The molecule has 2 aliphatic rings. The van der Waals surface area contributed by atoms with Crippen LogP contribution in [0.5, 0.6) is 0 Å². The fourth-order valence-corrected chi connectivity index (χ4v) is 3.71. The molecule has 1 amide bonds. The number of aryl methyl sites for hydroxylation is 2. The Kier molecular flexibility index (Phi) is 6.97. The van der Waals surface area contributed by atoms with Crippen LogP contribution >= 0.6 is 0 Å². The Hall–Kier alpha value is -2.32. The molecule has 2 N–H and O–H groups in total. The SMILES string of the molecule is CC(C)(C)OC(=O)N1CCN(C(N)=NCCCc2nnc3n2CCCCC3)CC1. The second kappa shape index (κ2) is 9.45. The second-order valence-corrected chi connectivity index (χ2v) is 8.79. The summed E-state index contributed by atoms with van der Waals surface area (Å²) in [4.78, 5) is 20.4. The molecule has 0 radical (unpaired) electrons. The molecular formula is C20H35N7O2. The van der Waals surface area contributed by atoms with Gasteiger partial charge in [-0.15, -0.1) is 10.2 Å². The smallest absolute Gasteiger partial charge is 0.410 e. The maximum absolute atomic E-state index is 12.1. The zero-order valence-electron chi connectivity index (χ0n) is 18.1. The highest BCUT2D eigenvalue weighted by Gasteiger charge is 2.26. The van der Waals surface area contributed by atoms with Crippen LogP contribution in [0, 0.1) is 0 Å². The van der Waals surface area contributed by atoms with Crippen LogP contribution in [0.25, 0.3) is 0 Å². The standard InChI is InChI=1S/C20H35N7O2/c1-20(2,3)29-19(28)26-14-12-25(13-15-26)18(21)22-10-7-9-17-24-23-16-8-5-4-6-11-27(16)17/h4-15H2,1-3H3,(H2,21,22). The molecule has 1 aromatic rings. The summed E-state index contributed by atoms with van der Waals surface area (Å²) in [6.45, 7) is 9.87. The molecule has 0 aromatic carbocycles. The summed E-state index contributed by atoms with van der Waals surface area (Å²) in [6, 6.07) is 0. The van der Waals surface area contributed by atoms with E-state index in [-0.39, 0.29) is 6.09 Å². The Morgan fingerprint density at radius 3 is 2.52 bits per heavy atom. The molecule has 0 atom stereocenters. The van der Waals surface area contributed by atoms with Crippen LogP contribution in [-0.2, 0) is 24.1 Å². The molecule has 2 aliphatic heterocycles. The van der Waals surface area contributed by atoms with Crippen LogP contribution in [0.2, 0.25) is 0 Å². The highest BCUT2D eigenvalue weighted by atomic mass is 16.6. The minimum absolute atomic E-state index is 0.264. The van der Waals surface area contributed by atoms with Crippen molar-refractivity contribution < 1.29 is 9.53 Å². The first-order valence-corrected chi connectivity index (χ1v) is 10.8. The van der Waals surface area contributed by atoms with Gasteiger partial charge in [0.25, 0.3) is 0 Å². The molecule has 0 spiro atoms. The number of carbonyl (C=O) groups excluding carboxylic acids is 1. The van der Waals surface area contributed by atoms with E-state index in [1.807, 2.05) is 25.7 Å². The Balaban J connectivity index is 1.41. The lowest BCUT2D eigenvalue weighted by Crippen LogP contribution is -2.53. The largest absolute Gasteiger partial charge is 0.444 e. The number of fused-ring (bicyclic) bond motifs is 1. The zero-order chi connectivity index (χ0) is 20.9. The number of rotatable bonds is 4. The topological polar surface area (TPSA) is 102 Å². The summed E-state index contributed by atoms with van der Waals surface area (Å²) in [7, 11) is 0. The van der Waals surface area contributed by atoms with Gasteiger partial charge in [0.05, 0.1) is 0 Å². The molecule has 1 fully saturated rings. The second-order valence-electron chi connectivity index (χ2n) is 8.79. The number of nitrogens with zero attached hydrogens (tertiary/aromatic N) is 6. The minimum atomic E-state index is -0.475. The number of ether oxygens (including phenoxy) is 1. The van der Waals surface area contributed by atoms with Crippen molar-refractivity contribution in [3.8, 4) is 0 Å². The van der Waals surface area contributed by atoms with E-state index in [4.69, 9.17) is 10.5 Å². The van der Waals surface area contributed by atoms with E-state index in [0.29, 0.717) is 38.7 Å². The molecule has 0 aliphatic carbocycles. The van der Waals surface area contributed by atoms with Crippen LogP contribution < -0.4 is 5.73 Å². The van der Waals surface area contributed by atoms with Gasteiger partial charge in [0.15, 0.2) is 5.96 Å². The highest BCUT2D eigenvalue weighted by molar-refractivity contribution is 5.78.